The molecule has 4 aromatic carbocycles. The normalized spacial score (nSPS) is 12.7. The van der Waals surface area contributed by atoms with Gasteiger partial charge in [-0.05, 0) is 47.3 Å². The van der Waals surface area contributed by atoms with Crippen LogP contribution in [0.3, 0.4) is 0 Å². The molecule has 0 spiro atoms. The second-order valence-electron chi connectivity index (χ2n) is 6.44. The quantitative estimate of drug-likeness (QED) is 0.498. The Kier molecular flexibility index (Phi) is 3.45. The molecular formula is C23H19NO2. The molecule has 0 aliphatic carbocycles. The van der Waals surface area contributed by atoms with Gasteiger partial charge < -0.3 is 14.8 Å². The summed E-state index contributed by atoms with van der Waals surface area (Å²) in [4.78, 5) is 0. The van der Waals surface area contributed by atoms with Crippen molar-refractivity contribution in [1.82, 2.24) is 0 Å². The maximum atomic E-state index is 5.95. The van der Waals surface area contributed by atoms with E-state index in [0.717, 1.165) is 34.9 Å². The predicted octanol–water partition coefficient (Wildman–Crippen LogP) is 5.82. The monoisotopic (exact) mass is 341 g/mol. The molecule has 4 aromatic rings. The Morgan fingerprint density at radius 3 is 2.31 bits per heavy atom. The van der Waals surface area contributed by atoms with Crippen molar-refractivity contribution in [1.29, 1.82) is 0 Å². The molecule has 0 fully saturated rings. The minimum Gasteiger partial charge on any atom is -0.457 e. The molecule has 26 heavy (non-hydrogen) atoms. The lowest BCUT2D eigenvalue weighted by Crippen LogP contribution is -2.03. The van der Waals surface area contributed by atoms with Gasteiger partial charge in [-0.3, -0.25) is 0 Å². The van der Waals surface area contributed by atoms with Crippen molar-refractivity contribution in [3.8, 4) is 22.6 Å². The van der Waals surface area contributed by atoms with Gasteiger partial charge in [0.25, 0.3) is 0 Å². The Morgan fingerprint density at radius 1 is 0.731 bits per heavy atom. The third kappa shape index (κ3) is 2.21. The summed E-state index contributed by atoms with van der Waals surface area (Å²) in [7, 11) is 0. The first kappa shape index (κ1) is 15.1. The lowest BCUT2D eigenvalue weighted by molar-refractivity contribution is 0.125. The van der Waals surface area contributed by atoms with Crippen molar-refractivity contribution < 1.29 is 9.47 Å². The molecule has 0 amide bonds. The van der Waals surface area contributed by atoms with Gasteiger partial charge in [-0.25, -0.2) is 0 Å². The van der Waals surface area contributed by atoms with Gasteiger partial charge in [0.1, 0.15) is 11.5 Å². The molecule has 1 heterocycles. The molecule has 0 unspecified atom stereocenters. The molecule has 128 valence electrons. The molecule has 5 rings (SSSR count). The number of hydrogen-bond donors (Lipinski definition) is 1. The van der Waals surface area contributed by atoms with Crippen molar-refractivity contribution in [3.63, 3.8) is 0 Å². The van der Waals surface area contributed by atoms with E-state index in [0.29, 0.717) is 0 Å². The van der Waals surface area contributed by atoms with E-state index < -0.39 is 0 Å². The zero-order valence-corrected chi connectivity index (χ0v) is 14.6. The molecule has 0 saturated heterocycles. The van der Waals surface area contributed by atoms with Gasteiger partial charge in [-0.2, -0.15) is 0 Å². The highest BCUT2D eigenvalue weighted by molar-refractivity contribution is 6.12. The second kappa shape index (κ2) is 5.95. The van der Waals surface area contributed by atoms with E-state index in [1.807, 2.05) is 6.07 Å². The summed E-state index contributed by atoms with van der Waals surface area (Å²) in [6.45, 7) is 3.22. The molecule has 1 aliphatic heterocycles. The third-order valence-corrected chi connectivity index (χ3v) is 4.96. The molecule has 0 atom stereocenters. The number of ether oxygens (including phenoxy) is 2. The summed E-state index contributed by atoms with van der Waals surface area (Å²) in [6, 6.07) is 23.1. The summed E-state index contributed by atoms with van der Waals surface area (Å²) < 4.78 is 11.9. The molecule has 0 radical (unpaired) electrons. The summed E-state index contributed by atoms with van der Waals surface area (Å²) in [5, 5.41) is 8.20. The number of rotatable bonds is 2. The fraction of sp³-hybridized carbons (Fsp3) is 0.130. The van der Waals surface area contributed by atoms with E-state index in [2.05, 4.69) is 72.9 Å². The number of benzene rings is 4. The highest BCUT2D eigenvalue weighted by atomic mass is 16.7. The topological polar surface area (TPSA) is 30.5 Å². The third-order valence-electron chi connectivity index (χ3n) is 4.96. The van der Waals surface area contributed by atoms with Crippen LogP contribution in [0.4, 0.5) is 5.69 Å². The van der Waals surface area contributed by atoms with E-state index in [1.54, 1.807) is 0 Å². The molecule has 1 aliphatic rings. The number of anilines is 1. The molecule has 1 N–H and O–H groups in total. The number of nitrogens with one attached hydrogen (secondary N) is 1. The van der Waals surface area contributed by atoms with Gasteiger partial charge in [-0.1, -0.05) is 42.5 Å². The largest absolute Gasteiger partial charge is 0.457 e. The van der Waals surface area contributed by atoms with Gasteiger partial charge in [0, 0.05) is 28.7 Å². The minimum absolute atomic E-state index is 0.219. The second-order valence-corrected chi connectivity index (χ2v) is 6.44. The Morgan fingerprint density at radius 2 is 1.46 bits per heavy atom. The van der Waals surface area contributed by atoms with E-state index in [-0.39, 0.29) is 6.79 Å². The van der Waals surface area contributed by atoms with Crippen LogP contribution < -0.4 is 14.8 Å². The molecule has 3 nitrogen and oxygen atoms in total. The number of hydrogen-bond acceptors (Lipinski definition) is 3. The summed E-state index contributed by atoms with van der Waals surface area (Å²) >= 11 is 0. The Bertz CT molecular complexity index is 1130. The van der Waals surface area contributed by atoms with Crippen molar-refractivity contribution in [2.75, 3.05) is 18.7 Å². The van der Waals surface area contributed by atoms with Crippen LogP contribution in [0.1, 0.15) is 6.92 Å². The minimum atomic E-state index is 0.219. The van der Waals surface area contributed by atoms with E-state index in [4.69, 9.17) is 9.47 Å². The zero-order valence-electron chi connectivity index (χ0n) is 14.6. The zero-order chi connectivity index (χ0) is 17.5. The first-order chi connectivity index (χ1) is 12.9. The van der Waals surface area contributed by atoms with Gasteiger partial charge >= 0.3 is 0 Å². The lowest BCUT2D eigenvalue weighted by atomic mass is 9.92. The average molecular weight is 341 g/mol. The van der Waals surface area contributed by atoms with E-state index in [1.165, 1.54) is 21.5 Å². The van der Waals surface area contributed by atoms with Gasteiger partial charge in [0.05, 0.1) is 0 Å². The van der Waals surface area contributed by atoms with Gasteiger partial charge in [0.2, 0.25) is 6.79 Å². The first-order valence-electron chi connectivity index (χ1n) is 8.94. The van der Waals surface area contributed by atoms with Crippen LogP contribution in [0.25, 0.3) is 32.7 Å². The summed E-state index contributed by atoms with van der Waals surface area (Å²) in [6.07, 6.45) is 0. The van der Waals surface area contributed by atoms with Crippen LogP contribution in [0.2, 0.25) is 0 Å². The average Bonchev–Trinajstić information content (AvgIpc) is 2.88. The fourth-order valence-corrected chi connectivity index (χ4v) is 3.85. The fourth-order valence-electron chi connectivity index (χ4n) is 3.85. The Labute approximate surface area is 152 Å². The van der Waals surface area contributed by atoms with Crippen LogP contribution in [0.5, 0.6) is 11.5 Å². The molecular weight excluding hydrogens is 322 g/mol. The highest BCUT2D eigenvalue weighted by Gasteiger charge is 2.22. The van der Waals surface area contributed by atoms with Crippen LogP contribution in [-0.4, -0.2) is 13.3 Å². The van der Waals surface area contributed by atoms with Crippen LogP contribution in [-0.2, 0) is 0 Å². The van der Waals surface area contributed by atoms with Crippen molar-refractivity contribution >= 4 is 27.2 Å². The van der Waals surface area contributed by atoms with Crippen LogP contribution in [0.15, 0.2) is 66.7 Å². The van der Waals surface area contributed by atoms with E-state index >= 15 is 0 Å². The lowest BCUT2D eigenvalue weighted by Gasteiger charge is -2.15. The van der Waals surface area contributed by atoms with Gasteiger partial charge in [0.15, 0.2) is 0 Å². The SMILES string of the molecule is CCNc1cccc2c3c(ccc12)OCOc1ccc2ccccc2c1-3. The highest BCUT2D eigenvalue weighted by Crippen LogP contribution is 2.47. The maximum Gasteiger partial charge on any atom is 0.230 e. The van der Waals surface area contributed by atoms with Crippen molar-refractivity contribution in [2.24, 2.45) is 0 Å². The molecule has 0 saturated carbocycles. The van der Waals surface area contributed by atoms with Crippen LogP contribution >= 0.6 is 0 Å². The smallest absolute Gasteiger partial charge is 0.230 e. The first-order valence-corrected chi connectivity index (χ1v) is 8.94. The maximum absolute atomic E-state index is 5.95. The summed E-state index contributed by atoms with van der Waals surface area (Å²) in [5.74, 6) is 1.73. The molecule has 3 heteroatoms. The Hall–Kier alpha value is -3.20. The standard InChI is InChI=1S/C23H19NO2/c1-2-24-19-9-5-8-18-17(19)11-13-21-23(18)22-16-7-4-3-6-15(16)10-12-20(22)25-14-26-21/h3-13,24H,2,14H2,1H3. The van der Waals surface area contributed by atoms with Crippen molar-refractivity contribution in [2.45, 2.75) is 6.92 Å². The molecule has 0 aromatic heterocycles. The number of fused-ring (bicyclic) bond motifs is 7. The molecule has 0 bridgehead atoms. The van der Waals surface area contributed by atoms with Gasteiger partial charge in [-0.15, -0.1) is 0 Å². The van der Waals surface area contributed by atoms with Crippen molar-refractivity contribution in [3.05, 3.63) is 66.7 Å². The van der Waals surface area contributed by atoms with E-state index in [9.17, 15) is 0 Å². The summed E-state index contributed by atoms with van der Waals surface area (Å²) in [5.41, 5.74) is 3.35. The predicted molar refractivity (Wildman–Crippen MR) is 107 cm³/mol. The van der Waals surface area contributed by atoms with Crippen LogP contribution in [0, 0.1) is 0 Å². The Balaban J connectivity index is 1.93.